The molecule has 25 heavy (non-hydrogen) atoms. The number of hydrogen-bond donors (Lipinski definition) is 1. The molecule has 0 heterocycles. The molecule has 0 aliphatic rings. The second-order valence-corrected chi connectivity index (χ2v) is 9.38. The van der Waals surface area contributed by atoms with Crippen molar-refractivity contribution in [3.8, 4) is 5.75 Å². The van der Waals surface area contributed by atoms with Crippen molar-refractivity contribution in [3.05, 3.63) is 63.6 Å². The highest BCUT2D eigenvalue weighted by molar-refractivity contribution is 9.10. The second kappa shape index (κ2) is 7.92. The van der Waals surface area contributed by atoms with Crippen LogP contribution in [0, 0.1) is 5.41 Å². The first-order chi connectivity index (χ1) is 11.6. The largest absolute Gasteiger partial charge is 0.488 e. The van der Waals surface area contributed by atoms with Crippen LogP contribution in [-0.4, -0.2) is 0 Å². The fourth-order valence-corrected chi connectivity index (χ4v) is 4.01. The van der Waals surface area contributed by atoms with Gasteiger partial charge in [-0.2, -0.15) is 0 Å². The van der Waals surface area contributed by atoms with Crippen molar-refractivity contribution in [2.45, 2.75) is 59.6 Å². The smallest absolute Gasteiger partial charge is 0.134 e. The van der Waals surface area contributed by atoms with E-state index in [0.717, 1.165) is 27.8 Å². The molecule has 0 aromatic heterocycles. The fraction of sp³-hybridized carbons (Fsp3) is 0.455. The third kappa shape index (κ3) is 5.58. The monoisotopic (exact) mass is 403 g/mol. The van der Waals surface area contributed by atoms with Gasteiger partial charge in [0.1, 0.15) is 12.4 Å². The van der Waals surface area contributed by atoms with Crippen LogP contribution in [0.4, 0.5) is 0 Å². The molecular formula is C22H30BrNO. The maximum atomic E-state index is 6.03. The Hall–Kier alpha value is -1.32. The summed E-state index contributed by atoms with van der Waals surface area (Å²) in [5, 5.41) is 0. The van der Waals surface area contributed by atoms with E-state index in [-0.39, 0.29) is 10.8 Å². The highest BCUT2D eigenvalue weighted by atomic mass is 79.9. The normalized spacial score (nSPS) is 12.3. The van der Waals surface area contributed by atoms with E-state index >= 15 is 0 Å². The zero-order valence-corrected chi connectivity index (χ0v) is 17.6. The van der Waals surface area contributed by atoms with Crippen LogP contribution in [0.15, 0.2) is 46.9 Å². The number of nitrogens with two attached hydrogens (primary N) is 1. The first-order valence-corrected chi connectivity index (χ1v) is 9.61. The van der Waals surface area contributed by atoms with Crippen LogP contribution in [0.5, 0.6) is 5.75 Å². The molecule has 2 aromatic carbocycles. The molecule has 0 aliphatic carbocycles. The van der Waals surface area contributed by atoms with E-state index in [1.165, 1.54) is 5.56 Å². The lowest BCUT2D eigenvalue weighted by molar-refractivity contribution is 0.282. The molecule has 0 bridgehead atoms. The van der Waals surface area contributed by atoms with Gasteiger partial charge in [0.2, 0.25) is 0 Å². The third-order valence-corrected chi connectivity index (χ3v) is 5.03. The Balaban J connectivity index is 2.14. The Morgan fingerprint density at radius 3 is 2.16 bits per heavy atom. The van der Waals surface area contributed by atoms with Crippen molar-refractivity contribution < 1.29 is 4.74 Å². The van der Waals surface area contributed by atoms with E-state index in [9.17, 15) is 0 Å². The Bertz CT molecular complexity index is 716. The van der Waals surface area contributed by atoms with Crippen molar-refractivity contribution >= 4 is 15.9 Å². The molecule has 0 spiro atoms. The lowest BCUT2D eigenvalue weighted by Crippen LogP contribution is -2.24. The topological polar surface area (TPSA) is 35.2 Å². The highest BCUT2D eigenvalue weighted by Gasteiger charge is 2.27. The predicted octanol–water partition coefficient (Wildman–Crippen LogP) is 6.20. The molecule has 0 radical (unpaired) electrons. The van der Waals surface area contributed by atoms with Gasteiger partial charge in [0.25, 0.3) is 0 Å². The van der Waals surface area contributed by atoms with Gasteiger partial charge in [-0.1, -0.05) is 65.0 Å². The highest BCUT2D eigenvalue weighted by Crippen LogP contribution is 2.39. The molecule has 3 heteroatoms. The average molecular weight is 404 g/mol. The van der Waals surface area contributed by atoms with Gasteiger partial charge >= 0.3 is 0 Å². The van der Waals surface area contributed by atoms with Gasteiger partial charge in [0.05, 0.1) is 4.47 Å². The summed E-state index contributed by atoms with van der Waals surface area (Å²) in [6.07, 6.45) is 1.12. The van der Waals surface area contributed by atoms with E-state index in [4.69, 9.17) is 10.5 Å². The van der Waals surface area contributed by atoms with Gasteiger partial charge in [-0.25, -0.2) is 0 Å². The Labute approximate surface area is 160 Å². The maximum Gasteiger partial charge on any atom is 0.134 e. The van der Waals surface area contributed by atoms with Gasteiger partial charge in [-0.15, -0.1) is 0 Å². The van der Waals surface area contributed by atoms with Crippen LogP contribution in [-0.2, 0) is 18.6 Å². The van der Waals surface area contributed by atoms with Gasteiger partial charge in [-0.05, 0) is 62.0 Å². The van der Waals surface area contributed by atoms with E-state index in [1.54, 1.807) is 0 Å². The second-order valence-electron chi connectivity index (χ2n) is 8.53. The van der Waals surface area contributed by atoms with E-state index < -0.39 is 0 Å². The standard InChI is InChI=1S/C22H30BrNO/c1-21(2,3)15-22(4,5)18-10-11-20(19(23)12-18)25-14-17-9-7-6-8-16(17)13-24/h6-12H,13-15,24H2,1-5H3. The first-order valence-electron chi connectivity index (χ1n) is 8.82. The fourth-order valence-electron chi connectivity index (χ4n) is 3.52. The van der Waals surface area contributed by atoms with Crippen LogP contribution >= 0.6 is 15.9 Å². The number of ether oxygens (including phenoxy) is 1. The number of rotatable bonds is 6. The summed E-state index contributed by atoms with van der Waals surface area (Å²) in [6, 6.07) is 14.6. The van der Waals surface area contributed by atoms with Crippen molar-refractivity contribution in [1.29, 1.82) is 0 Å². The predicted molar refractivity (Wildman–Crippen MR) is 110 cm³/mol. The Kier molecular flexibility index (Phi) is 6.34. The minimum Gasteiger partial charge on any atom is -0.488 e. The van der Waals surface area contributed by atoms with Crippen LogP contribution in [0.1, 0.15) is 57.7 Å². The van der Waals surface area contributed by atoms with E-state index in [0.29, 0.717) is 13.2 Å². The van der Waals surface area contributed by atoms with Crippen LogP contribution in [0.3, 0.4) is 0 Å². The summed E-state index contributed by atoms with van der Waals surface area (Å²) < 4.78 is 7.03. The summed E-state index contributed by atoms with van der Waals surface area (Å²) >= 11 is 3.68. The molecule has 0 saturated carbocycles. The average Bonchev–Trinajstić information content (AvgIpc) is 2.51. The first kappa shape index (κ1) is 20.0. The summed E-state index contributed by atoms with van der Waals surface area (Å²) in [6.45, 7) is 12.5. The minimum atomic E-state index is 0.117. The molecule has 136 valence electrons. The minimum absolute atomic E-state index is 0.117. The lowest BCUT2D eigenvalue weighted by Gasteiger charge is -2.33. The van der Waals surface area contributed by atoms with Crippen molar-refractivity contribution in [2.24, 2.45) is 11.1 Å². The Morgan fingerprint density at radius 2 is 1.60 bits per heavy atom. The molecule has 0 atom stereocenters. The molecule has 0 saturated heterocycles. The molecule has 2 nitrogen and oxygen atoms in total. The quantitative estimate of drug-likeness (QED) is 0.622. The van der Waals surface area contributed by atoms with Crippen LogP contribution in [0.25, 0.3) is 0 Å². The molecule has 0 fully saturated rings. The van der Waals surface area contributed by atoms with Crippen LogP contribution < -0.4 is 10.5 Å². The molecule has 2 rings (SSSR count). The summed E-state index contributed by atoms with van der Waals surface area (Å²) in [7, 11) is 0. The number of hydrogen-bond acceptors (Lipinski definition) is 2. The molecule has 0 amide bonds. The van der Waals surface area contributed by atoms with Crippen molar-refractivity contribution in [1.82, 2.24) is 0 Å². The zero-order chi connectivity index (χ0) is 18.7. The molecule has 0 unspecified atom stereocenters. The molecule has 2 N–H and O–H groups in total. The van der Waals surface area contributed by atoms with Crippen molar-refractivity contribution in [3.63, 3.8) is 0 Å². The third-order valence-electron chi connectivity index (χ3n) is 4.41. The number of halogens is 1. The van der Waals surface area contributed by atoms with E-state index in [2.05, 4.69) is 74.8 Å². The zero-order valence-electron chi connectivity index (χ0n) is 16.0. The molecular weight excluding hydrogens is 374 g/mol. The van der Waals surface area contributed by atoms with Gasteiger partial charge < -0.3 is 10.5 Å². The van der Waals surface area contributed by atoms with Gasteiger partial charge in [-0.3, -0.25) is 0 Å². The van der Waals surface area contributed by atoms with Gasteiger partial charge in [0.15, 0.2) is 0 Å². The lowest BCUT2D eigenvalue weighted by atomic mass is 9.72. The van der Waals surface area contributed by atoms with E-state index in [1.807, 2.05) is 18.2 Å². The molecule has 2 aromatic rings. The maximum absolute atomic E-state index is 6.03. The molecule has 0 aliphatic heterocycles. The van der Waals surface area contributed by atoms with Crippen molar-refractivity contribution in [2.75, 3.05) is 0 Å². The van der Waals surface area contributed by atoms with Crippen LogP contribution in [0.2, 0.25) is 0 Å². The summed E-state index contributed by atoms with van der Waals surface area (Å²) in [5.41, 5.74) is 9.79. The Morgan fingerprint density at radius 1 is 0.960 bits per heavy atom. The van der Waals surface area contributed by atoms with Gasteiger partial charge in [0, 0.05) is 6.54 Å². The summed E-state index contributed by atoms with van der Waals surface area (Å²) in [5.74, 6) is 0.863. The SMILES string of the molecule is CC(C)(C)CC(C)(C)c1ccc(OCc2ccccc2CN)c(Br)c1. The number of benzene rings is 2. The summed E-state index contributed by atoms with van der Waals surface area (Å²) in [4.78, 5) is 0.